The van der Waals surface area contributed by atoms with Gasteiger partial charge in [-0.1, -0.05) is 55.6 Å². The highest BCUT2D eigenvalue weighted by Crippen LogP contribution is 2.37. The molecule has 2 aliphatic carbocycles. The zero-order chi connectivity index (χ0) is 22.1. The van der Waals surface area contributed by atoms with Gasteiger partial charge in [0, 0.05) is 18.4 Å². The molecule has 1 N–H and O–H groups in total. The molecule has 1 aromatic heterocycles. The average Bonchev–Trinajstić information content (AvgIpc) is 3.39. The summed E-state index contributed by atoms with van der Waals surface area (Å²) in [4.78, 5) is 40.1. The second-order valence-electron chi connectivity index (χ2n) is 9.19. The first kappa shape index (κ1) is 21.2. The van der Waals surface area contributed by atoms with Crippen molar-refractivity contribution >= 4 is 34.2 Å². The van der Waals surface area contributed by atoms with Crippen LogP contribution in [-0.2, 0) is 4.79 Å². The van der Waals surface area contributed by atoms with E-state index in [1.807, 2.05) is 0 Å². The van der Waals surface area contributed by atoms with Crippen LogP contribution >= 0.6 is 11.3 Å². The molecule has 3 aliphatic rings. The first-order valence-corrected chi connectivity index (χ1v) is 12.5. The smallest absolute Gasteiger partial charge is 0.261 e. The molecule has 0 saturated heterocycles. The van der Waals surface area contributed by atoms with E-state index in [2.05, 4.69) is 15.5 Å². The SMILES string of the molecule is O=C(Nc1nnc(C2CCCCC2)s1)C1CCCCC1CN1C(=O)c2ccccc2C1=O. The van der Waals surface area contributed by atoms with Gasteiger partial charge in [-0.25, -0.2) is 0 Å². The highest BCUT2D eigenvalue weighted by Gasteiger charge is 2.40. The van der Waals surface area contributed by atoms with Gasteiger partial charge in [0.15, 0.2) is 0 Å². The zero-order valence-corrected chi connectivity index (χ0v) is 18.9. The van der Waals surface area contributed by atoms with Gasteiger partial charge in [0.05, 0.1) is 11.1 Å². The largest absolute Gasteiger partial charge is 0.300 e. The Bertz CT molecular complexity index is 995. The van der Waals surface area contributed by atoms with E-state index in [-0.39, 0.29) is 36.1 Å². The van der Waals surface area contributed by atoms with E-state index in [1.165, 1.54) is 35.5 Å². The first-order valence-electron chi connectivity index (χ1n) is 11.7. The molecule has 1 aliphatic heterocycles. The number of aromatic nitrogens is 2. The minimum atomic E-state index is -0.253. The van der Waals surface area contributed by atoms with Gasteiger partial charge >= 0.3 is 0 Å². The summed E-state index contributed by atoms with van der Waals surface area (Å²) in [7, 11) is 0. The number of rotatable bonds is 5. The molecule has 32 heavy (non-hydrogen) atoms. The summed E-state index contributed by atoms with van der Waals surface area (Å²) in [5.41, 5.74) is 0.914. The highest BCUT2D eigenvalue weighted by atomic mass is 32.1. The maximum absolute atomic E-state index is 13.2. The van der Waals surface area contributed by atoms with Gasteiger partial charge < -0.3 is 5.32 Å². The number of hydrogen-bond acceptors (Lipinski definition) is 6. The summed E-state index contributed by atoms with van der Waals surface area (Å²) in [6.07, 6.45) is 9.60. The quantitative estimate of drug-likeness (QED) is 0.668. The van der Waals surface area contributed by atoms with E-state index in [9.17, 15) is 14.4 Å². The van der Waals surface area contributed by atoms with E-state index in [4.69, 9.17) is 0 Å². The average molecular weight is 453 g/mol. The van der Waals surface area contributed by atoms with Gasteiger partial charge in [-0.05, 0) is 43.7 Å². The molecular weight excluding hydrogens is 424 g/mol. The number of fused-ring (bicyclic) bond motifs is 1. The number of carbonyl (C=O) groups is 3. The lowest BCUT2D eigenvalue weighted by Crippen LogP contribution is -2.41. The molecule has 2 unspecified atom stereocenters. The van der Waals surface area contributed by atoms with Crippen molar-refractivity contribution in [3.63, 3.8) is 0 Å². The summed E-state index contributed by atoms with van der Waals surface area (Å²) < 4.78 is 0. The van der Waals surface area contributed by atoms with E-state index in [0.29, 0.717) is 22.2 Å². The molecule has 8 heteroatoms. The molecular formula is C24H28N4O3S. The summed E-state index contributed by atoms with van der Waals surface area (Å²) in [6, 6.07) is 6.93. The number of hydrogen-bond donors (Lipinski definition) is 1. The number of amides is 3. The second-order valence-corrected chi connectivity index (χ2v) is 10.2. The summed E-state index contributed by atoms with van der Waals surface area (Å²) in [6.45, 7) is 0.286. The Morgan fingerprint density at radius 3 is 2.31 bits per heavy atom. The maximum atomic E-state index is 13.2. The third-order valence-corrected chi connectivity index (χ3v) is 8.17. The first-order chi connectivity index (χ1) is 15.6. The molecule has 2 fully saturated rings. The van der Waals surface area contributed by atoms with Crippen LogP contribution in [0.2, 0.25) is 0 Å². The monoisotopic (exact) mass is 452 g/mol. The Balaban J connectivity index is 1.26. The lowest BCUT2D eigenvalue weighted by atomic mass is 9.78. The van der Waals surface area contributed by atoms with Gasteiger partial charge in [-0.3, -0.25) is 19.3 Å². The molecule has 0 radical (unpaired) electrons. The van der Waals surface area contributed by atoms with E-state index >= 15 is 0 Å². The number of nitrogens with zero attached hydrogens (tertiary/aromatic N) is 3. The predicted molar refractivity (Wildman–Crippen MR) is 122 cm³/mol. The van der Waals surface area contributed by atoms with Crippen LogP contribution in [0.3, 0.4) is 0 Å². The van der Waals surface area contributed by atoms with Crippen LogP contribution in [-0.4, -0.2) is 39.4 Å². The fraction of sp³-hybridized carbons (Fsp3) is 0.542. The van der Waals surface area contributed by atoms with Gasteiger partial charge in [0.1, 0.15) is 5.01 Å². The Morgan fingerprint density at radius 2 is 1.59 bits per heavy atom. The van der Waals surface area contributed by atoms with Crippen LogP contribution < -0.4 is 5.32 Å². The Morgan fingerprint density at radius 1 is 0.938 bits per heavy atom. The minimum Gasteiger partial charge on any atom is -0.300 e. The third kappa shape index (κ3) is 4.08. The van der Waals surface area contributed by atoms with Crippen LogP contribution in [0.1, 0.15) is 89.4 Å². The molecule has 5 rings (SSSR count). The number of benzene rings is 1. The molecule has 7 nitrogen and oxygen atoms in total. The minimum absolute atomic E-state index is 0.0447. The van der Waals surface area contributed by atoms with Crippen LogP contribution in [0, 0.1) is 11.8 Å². The fourth-order valence-electron chi connectivity index (χ4n) is 5.41. The molecule has 2 saturated carbocycles. The van der Waals surface area contributed by atoms with Crippen molar-refractivity contribution in [2.24, 2.45) is 11.8 Å². The molecule has 0 spiro atoms. The van der Waals surface area contributed by atoms with Crippen LogP contribution in [0.4, 0.5) is 5.13 Å². The van der Waals surface area contributed by atoms with E-state index < -0.39 is 0 Å². The maximum Gasteiger partial charge on any atom is 0.261 e. The van der Waals surface area contributed by atoms with Crippen LogP contribution in [0.5, 0.6) is 0 Å². The van der Waals surface area contributed by atoms with Crippen molar-refractivity contribution in [3.8, 4) is 0 Å². The van der Waals surface area contributed by atoms with Crippen LogP contribution in [0.25, 0.3) is 0 Å². The highest BCUT2D eigenvalue weighted by molar-refractivity contribution is 7.15. The van der Waals surface area contributed by atoms with Crippen molar-refractivity contribution in [3.05, 3.63) is 40.4 Å². The zero-order valence-electron chi connectivity index (χ0n) is 18.1. The molecule has 2 atom stereocenters. The van der Waals surface area contributed by atoms with Gasteiger partial charge in [-0.15, -0.1) is 10.2 Å². The van der Waals surface area contributed by atoms with Crippen molar-refractivity contribution in [1.82, 2.24) is 15.1 Å². The molecule has 0 bridgehead atoms. The van der Waals surface area contributed by atoms with Gasteiger partial charge in [0.2, 0.25) is 11.0 Å². The molecule has 2 heterocycles. The van der Waals surface area contributed by atoms with Gasteiger partial charge in [0.25, 0.3) is 11.8 Å². The second kappa shape index (κ2) is 9.10. The summed E-state index contributed by atoms with van der Waals surface area (Å²) in [5, 5.41) is 13.1. The number of nitrogens with one attached hydrogen (secondary N) is 1. The molecule has 168 valence electrons. The summed E-state index contributed by atoms with van der Waals surface area (Å²) >= 11 is 1.49. The van der Waals surface area contributed by atoms with Crippen molar-refractivity contribution in [1.29, 1.82) is 0 Å². The lowest BCUT2D eigenvalue weighted by Gasteiger charge is -2.32. The predicted octanol–water partition coefficient (Wildman–Crippen LogP) is 4.63. The Kier molecular flexibility index (Phi) is 6.04. The van der Waals surface area contributed by atoms with Crippen LogP contribution in [0.15, 0.2) is 24.3 Å². The molecule has 1 aromatic carbocycles. The Hall–Kier alpha value is -2.61. The van der Waals surface area contributed by atoms with E-state index in [1.54, 1.807) is 24.3 Å². The number of imide groups is 1. The number of anilines is 1. The standard InChI is InChI=1S/C24H28N4O3S/c29-20(25-24-27-26-21(32-24)15-8-2-1-3-9-15)17-11-5-4-10-16(17)14-28-22(30)18-12-6-7-13-19(18)23(28)31/h6-7,12-13,15-17H,1-5,8-11,14H2,(H,25,27,29). The summed E-state index contributed by atoms with van der Waals surface area (Å²) in [5.74, 6) is -0.402. The van der Waals surface area contributed by atoms with Crippen molar-refractivity contribution in [2.45, 2.75) is 63.7 Å². The molecule has 3 amide bonds. The number of carbonyl (C=O) groups excluding carboxylic acids is 3. The fourth-order valence-corrected chi connectivity index (χ4v) is 6.32. The Labute approximate surface area is 191 Å². The normalized spacial score (nSPS) is 23.9. The van der Waals surface area contributed by atoms with E-state index in [0.717, 1.165) is 43.5 Å². The van der Waals surface area contributed by atoms with Crippen molar-refractivity contribution in [2.75, 3.05) is 11.9 Å². The van der Waals surface area contributed by atoms with Gasteiger partial charge in [-0.2, -0.15) is 0 Å². The topological polar surface area (TPSA) is 92.3 Å². The lowest BCUT2D eigenvalue weighted by molar-refractivity contribution is -0.122. The molecule has 2 aromatic rings. The van der Waals surface area contributed by atoms with Crippen molar-refractivity contribution < 1.29 is 14.4 Å². The third-order valence-electron chi connectivity index (χ3n) is 7.17.